The molecule has 0 fully saturated rings. The van der Waals surface area contributed by atoms with Crippen LogP contribution in [-0.4, -0.2) is 29.7 Å². The summed E-state index contributed by atoms with van der Waals surface area (Å²) in [7, 11) is 1.49. The van der Waals surface area contributed by atoms with Crippen LogP contribution in [0.1, 0.15) is 38.7 Å². The number of rotatable bonds is 5. The molecular formula is C18H16N2O4. The second-order valence-electron chi connectivity index (χ2n) is 5.45. The van der Waals surface area contributed by atoms with E-state index in [9.17, 15) is 14.4 Å². The summed E-state index contributed by atoms with van der Waals surface area (Å²) < 4.78 is 5.31. The molecule has 0 spiro atoms. The fraction of sp³-hybridized carbons (Fsp3) is 0.167. The second kappa shape index (κ2) is 6.16. The number of carbonyl (C=O) groups excluding carboxylic acids is 3. The maximum Gasteiger partial charge on any atom is 0.262 e. The van der Waals surface area contributed by atoms with Crippen LogP contribution in [0.3, 0.4) is 0 Å². The number of hydrogen-bond donors (Lipinski definition) is 1. The van der Waals surface area contributed by atoms with Gasteiger partial charge in [0.15, 0.2) is 0 Å². The lowest BCUT2D eigenvalue weighted by atomic mass is 10.0. The van der Waals surface area contributed by atoms with Gasteiger partial charge >= 0.3 is 0 Å². The van der Waals surface area contributed by atoms with Crippen LogP contribution in [0.15, 0.2) is 48.5 Å². The van der Waals surface area contributed by atoms with E-state index < -0.39 is 23.8 Å². The molecule has 0 saturated heterocycles. The van der Waals surface area contributed by atoms with E-state index in [-0.39, 0.29) is 6.42 Å². The van der Waals surface area contributed by atoms with Gasteiger partial charge in [-0.15, -0.1) is 0 Å². The maximum absolute atomic E-state index is 12.7. The molecule has 2 aromatic rings. The maximum atomic E-state index is 12.7. The van der Waals surface area contributed by atoms with Crippen molar-refractivity contribution in [2.24, 2.45) is 5.73 Å². The Morgan fingerprint density at radius 2 is 1.58 bits per heavy atom. The molecule has 0 aliphatic carbocycles. The van der Waals surface area contributed by atoms with Crippen molar-refractivity contribution in [2.45, 2.75) is 12.5 Å². The molecule has 0 aromatic heterocycles. The molecule has 1 aliphatic rings. The first-order chi connectivity index (χ1) is 11.5. The number of methoxy groups -OCH3 is 1. The van der Waals surface area contributed by atoms with E-state index in [0.29, 0.717) is 22.4 Å². The van der Waals surface area contributed by atoms with Gasteiger partial charge in [-0.05, 0) is 18.2 Å². The normalized spacial score (nSPS) is 14.5. The first kappa shape index (κ1) is 15.7. The standard InChI is InChI=1S/C18H16N2O4/c1-24-15-9-5-4-8-13(15)14(10-16(19)21)20-17(22)11-6-2-3-7-12(11)18(20)23/h2-9,14H,10H2,1H3,(H2,19,21). The summed E-state index contributed by atoms with van der Waals surface area (Å²) >= 11 is 0. The Labute approximate surface area is 138 Å². The molecule has 6 heteroatoms. The van der Waals surface area contributed by atoms with Gasteiger partial charge < -0.3 is 10.5 Å². The van der Waals surface area contributed by atoms with Gasteiger partial charge in [-0.3, -0.25) is 19.3 Å². The van der Waals surface area contributed by atoms with Gasteiger partial charge in [-0.1, -0.05) is 30.3 Å². The summed E-state index contributed by atoms with van der Waals surface area (Å²) in [5.74, 6) is -0.997. The molecule has 122 valence electrons. The zero-order valence-electron chi connectivity index (χ0n) is 13.1. The lowest BCUT2D eigenvalue weighted by Gasteiger charge is -2.27. The third-order valence-corrected chi connectivity index (χ3v) is 4.03. The number of ether oxygens (including phenoxy) is 1. The first-order valence-electron chi connectivity index (χ1n) is 7.42. The third kappa shape index (κ3) is 2.52. The van der Waals surface area contributed by atoms with Gasteiger partial charge in [-0.2, -0.15) is 0 Å². The van der Waals surface area contributed by atoms with Gasteiger partial charge in [-0.25, -0.2) is 0 Å². The number of para-hydroxylation sites is 1. The molecular weight excluding hydrogens is 308 g/mol. The second-order valence-corrected chi connectivity index (χ2v) is 5.45. The molecule has 0 radical (unpaired) electrons. The van der Waals surface area contributed by atoms with Crippen LogP contribution in [0, 0.1) is 0 Å². The monoisotopic (exact) mass is 324 g/mol. The van der Waals surface area contributed by atoms with E-state index in [2.05, 4.69) is 0 Å². The summed E-state index contributed by atoms with van der Waals surface area (Å²) in [4.78, 5) is 38.1. The predicted octanol–water partition coefficient (Wildman–Crippen LogP) is 1.91. The number of benzene rings is 2. The first-order valence-corrected chi connectivity index (χ1v) is 7.42. The summed E-state index contributed by atoms with van der Waals surface area (Å²) in [6, 6.07) is 12.7. The summed E-state index contributed by atoms with van der Waals surface area (Å²) in [5, 5.41) is 0. The third-order valence-electron chi connectivity index (χ3n) is 4.03. The Kier molecular flexibility index (Phi) is 4.04. The lowest BCUT2D eigenvalue weighted by molar-refractivity contribution is -0.118. The zero-order valence-corrected chi connectivity index (χ0v) is 13.1. The Bertz CT molecular complexity index is 796. The molecule has 1 heterocycles. The van der Waals surface area contributed by atoms with Crippen LogP contribution < -0.4 is 10.5 Å². The lowest BCUT2D eigenvalue weighted by Crippen LogP contribution is -2.36. The molecule has 2 N–H and O–H groups in total. The van der Waals surface area contributed by atoms with Crippen LogP contribution in [0.5, 0.6) is 5.75 Å². The Balaban J connectivity index is 2.10. The summed E-state index contributed by atoms with van der Waals surface area (Å²) in [6.07, 6.45) is -0.175. The molecule has 6 nitrogen and oxygen atoms in total. The van der Waals surface area contributed by atoms with Crippen molar-refractivity contribution in [3.8, 4) is 5.75 Å². The average molecular weight is 324 g/mol. The van der Waals surface area contributed by atoms with Crippen LogP contribution in [0.25, 0.3) is 0 Å². The van der Waals surface area contributed by atoms with Crippen molar-refractivity contribution in [3.05, 3.63) is 65.2 Å². The van der Waals surface area contributed by atoms with E-state index in [1.54, 1.807) is 48.5 Å². The van der Waals surface area contributed by atoms with Gasteiger partial charge in [0.2, 0.25) is 5.91 Å². The quantitative estimate of drug-likeness (QED) is 0.851. The van der Waals surface area contributed by atoms with Crippen molar-refractivity contribution in [2.75, 3.05) is 7.11 Å². The largest absolute Gasteiger partial charge is 0.496 e. The molecule has 0 bridgehead atoms. The number of carbonyl (C=O) groups is 3. The molecule has 1 unspecified atom stereocenters. The van der Waals surface area contributed by atoms with Crippen molar-refractivity contribution in [1.29, 1.82) is 0 Å². The van der Waals surface area contributed by atoms with Crippen LogP contribution >= 0.6 is 0 Å². The Morgan fingerprint density at radius 1 is 1.04 bits per heavy atom. The highest BCUT2D eigenvalue weighted by atomic mass is 16.5. The number of fused-ring (bicyclic) bond motifs is 1. The molecule has 2 aromatic carbocycles. The van der Waals surface area contributed by atoms with Crippen LogP contribution in [0.4, 0.5) is 0 Å². The number of nitrogens with zero attached hydrogens (tertiary/aromatic N) is 1. The number of hydrogen-bond acceptors (Lipinski definition) is 4. The fourth-order valence-electron chi connectivity index (χ4n) is 2.96. The van der Waals surface area contributed by atoms with Crippen LogP contribution in [0.2, 0.25) is 0 Å². The van der Waals surface area contributed by atoms with Gasteiger partial charge in [0.1, 0.15) is 5.75 Å². The SMILES string of the molecule is COc1ccccc1C(CC(N)=O)N1C(=O)c2ccccc2C1=O. The zero-order chi connectivity index (χ0) is 17.3. The fourth-order valence-corrected chi connectivity index (χ4v) is 2.96. The number of nitrogens with two attached hydrogens (primary N) is 1. The highest BCUT2D eigenvalue weighted by Crippen LogP contribution is 2.37. The van der Waals surface area contributed by atoms with Gasteiger partial charge in [0, 0.05) is 5.56 Å². The molecule has 1 atom stereocenters. The molecule has 24 heavy (non-hydrogen) atoms. The highest BCUT2D eigenvalue weighted by Gasteiger charge is 2.41. The minimum atomic E-state index is -0.814. The van der Waals surface area contributed by atoms with E-state index in [4.69, 9.17) is 10.5 Å². The van der Waals surface area contributed by atoms with Crippen LogP contribution in [-0.2, 0) is 4.79 Å². The summed E-state index contributed by atoms with van der Waals surface area (Å²) in [5.41, 5.74) is 6.57. The number of primary amides is 1. The minimum absolute atomic E-state index is 0.175. The molecule has 3 rings (SSSR count). The minimum Gasteiger partial charge on any atom is -0.496 e. The molecule has 1 aliphatic heterocycles. The number of amides is 3. The molecule has 3 amide bonds. The van der Waals surface area contributed by atoms with Crippen molar-refractivity contribution in [1.82, 2.24) is 4.90 Å². The van der Waals surface area contributed by atoms with Gasteiger partial charge in [0.05, 0.1) is 30.7 Å². The van der Waals surface area contributed by atoms with E-state index in [1.807, 2.05) is 0 Å². The smallest absolute Gasteiger partial charge is 0.262 e. The van der Waals surface area contributed by atoms with Crippen molar-refractivity contribution in [3.63, 3.8) is 0 Å². The topological polar surface area (TPSA) is 89.7 Å². The van der Waals surface area contributed by atoms with E-state index in [1.165, 1.54) is 7.11 Å². The molecule has 0 saturated carbocycles. The Morgan fingerprint density at radius 3 is 2.12 bits per heavy atom. The highest BCUT2D eigenvalue weighted by molar-refractivity contribution is 6.21. The van der Waals surface area contributed by atoms with Gasteiger partial charge in [0.25, 0.3) is 11.8 Å². The Hall–Kier alpha value is -3.15. The predicted molar refractivity (Wildman–Crippen MR) is 86.5 cm³/mol. The van der Waals surface area contributed by atoms with E-state index >= 15 is 0 Å². The van der Waals surface area contributed by atoms with Crippen molar-refractivity contribution >= 4 is 17.7 Å². The van der Waals surface area contributed by atoms with Crippen molar-refractivity contribution < 1.29 is 19.1 Å². The number of imide groups is 1. The summed E-state index contributed by atoms with van der Waals surface area (Å²) in [6.45, 7) is 0. The van der Waals surface area contributed by atoms with E-state index in [0.717, 1.165) is 4.90 Å². The average Bonchev–Trinajstić information content (AvgIpc) is 2.84.